The van der Waals surface area contributed by atoms with Gasteiger partial charge in [0.05, 0.1) is 0 Å². The molecular weight excluding hydrogens is 281 g/mol. The van der Waals surface area contributed by atoms with E-state index in [-0.39, 0.29) is 5.82 Å². The first-order valence-corrected chi connectivity index (χ1v) is 7.33. The minimum atomic E-state index is -4.53. The lowest BCUT2D eigenvalue weighted by molar-refractivity contribution is -0.144. The zero-order valence-electron chi connectivity index (χ0n) is 12.4. The van der Waals surface area contributed by atoms with Crippen molar-refractivity contribution >= 4 is 11.6 Å². The molecule has 1 fully saturated rings. The van der Waals surface area contributed by atoms with Crippen molar-refractivity contribution in [1.82, 2.24) is 9.97 Å². The van der Waals surface area contributed by atoms with Crippen LogP contribution in [0.1, 0.15) is 38.4 Å². The summed E-state index contributed by atoms with van der Waals surface area (Å²) in [5.41, 5.74) is 0. The van der Waals surface area contributed by atoms with Crippen molar-refractivity contribution in [2.45, 2.75) is 38.8 Å². The fraction of sp³-hybridized carbons (Fsp3) is 0.714. The molecule has 0 radical (unpaired) electrons. The monoisotopic (exact) mass is 302 g/mol. The van der Waals surface area contributed by atoms with E-state index in [9.17, 15) is 13.2 Å². The number of hydrogen-bond acceptors (Lipinski definition) is 4. The molecular formula is C14H21F3N4. The van der Waals surface area contributed by atoms with E-state index in [1.165, 1.54) is 6.42 Å². The molecule has 1 aromatic heterocycles. The van der Waals surface area contributed by atoms with Crippen LogP contribution in [0, 0.1) is 5.92 Å². The van der Waals surface area contributed by atoms with E-state index in [2.05, 4.69) is 22.2 Å². The quantitative estimate of drug-likeness (QED) is 0.923. The number of aromatic nitrogens is 2. The van der Waals surface area contributed by atoms with Crippen LogP contribution in [0.15, 0.2) is 6.07 Å². The normalized spacial score (nSPS) is 17.1. The van der Waals surface area contributed by atoms with E-state index >= 15 is 0 Å². The Hall–Kier alpha value is -1.53. The molecule has 0 saturated carbocycles. The van der Waals surface area contributed by atoms with Crippen molar-refractivity contribution in [3.05, 3.63) is 11.9 Å². The van der Waals surface area contributed by atoms with E-state index in [0.717, 1.165) is 32.4 Å². The SMILES string of the molecule is CCCC1CCN(c2cc(NC)nc(C(F)(F)F)n2)CC1. The second kappa shape index (κ2) is 6.49. The molecule has 2 rings (SSSR count). The van der Waals surface area contributed by atoms with Gasteiger partial charge in [0, 0.05) is 26.2 Å². The molecule has 4 nitrogen and oxygen atoms in total. The second-order valence-electron chi connectivity index (χ2n) is 5.40. The Labute approximate surface area is 122 Å². The Bertz CT molecular complexity index is 468. The standard InChI is InChI=1S/C14H21F3N4/c1-3-4-10-5-7-21(8-6-10)12-9-11(18-2)19-13(20-12)14(15,16)17/h9-10H,3-8H2,1-2H3,(H,18,19,20). The van der Waals surface area contributed by atoms with Gasteiger partial charge in [-0.1, -0.05) is 19.8 Å². The van der Waals surface area contributed by atoms with Gasteiger partial charge in [0.1, 0.15) is 11.6 Å². The first-order chi connectivity index (χ1) is 9.94. The van der Waals surface area contributed by atoms with Gasteiger partial charge in [0.15, 0.2) is 0 Å². The van der Waals surface area contributed by atoms with Gasteiger partial charge in [-0.15, -0.1) is 0 Å². The Morgan fingerprint density at radius 2 is 1.95 bits per heavy atom. The fourth-order valence-corrected chi connectivity index (χ4v) is 2.71. The molecule has 0 aliphatic carbocycles. The summed E-state index contributed by atoms with van der Waals surface area (Å²) in [5, 5.41) is 2.67. The topological polar surface area (TPSA) is 41.0 Å². The van der Waals surface area contributed by atoms with E-state index in [1.807, 2.05) is 4.90 Å². The van der Waals surface area contributed by atoms with Crippen LogP contribution in [0.4, 0.5) is 24.8 Å². The Kier molecular flexibility index (Phi) is 4.90. The molecule has 7 heteroatoms. The number of hydrogen-bond donors (Lipinski definition) is 1. The molecule has 1 aromatic rings. The second-order valence-corrected chi connectivity index (χ2v) is 5.40. The van der Waals surface area contributed by atoms with Crippen LogP contribution in [0.25, 0.3) is 0 Å². The molecule has 0 amide bonds. The highest BCUT2D eigenvalue weighted by Gasteiger charge is 2.36. The van der Waals surface area contributed by atoms with Crippen molar-refractivity contribution < 1.29 is 13.2 Å². The van der Waals surface area contributed by atoms with Crippen molar-refractivity contribution in [3.63, 3.8) is 0 Å². The maximum atomic E-state index is 12.8. The number of piperidine rings is 1. The van der Waals surface area contributed by atoms with Gasteiger partial charge < -0.3 is 10.2 Å². The van der Waals surface area contributed by atoms with E-state index in [4.69, 9.17) is 0 Å². The number of anilines is 2. The number of rotatable bonds is 4. The van der Waals surface area contributed by atoms with E-state index in [1.54, 1.807) is 13.1 Å². The highest BCUT2D eigenvalue weighted by Crippen LogP contribution is 2.31. The number of nitrogens with one attached hydrogen (secondary N) is 1. The average molecular weight is 302 g/mol. The molecule has 0 bridgehead atoms. The van der Waals surface area contributed by atoms with Crippen molar-refractivity contribution in [1.29, 1.82) is 0 Å². The maximum absolute atomic E-state index is 12.8. The summed E-state index contributed by atoms with van der Waals surface area (Å²) in [6, 6.07) is 1.58. The Morgan fingerprint density at radius 1 is 1.29 bits per heavy atom. The maximum Gasteiger partial charge on any atom is 0.451 e. The third kappa shape index (κ3) is 3.98. The molecule has 1 aliphatic rings. The molecule has 1 saturated heterocycles. The first kappa shape index (κ1) is 15.9. The van der Waals surface area contributed by atoms with Gasteiger partial charge in [-0.3, -0.25) is 0 Å². The van der Waals surface area contributed by atoms with Crippen LogP contribution in [0.2, 0.25) is 0 Å². The summed E-state index contributed by atoms with van der Waals surface area (Å²) in [4.78, 5) is 9.11. The van der Waals surface area contributed by atoms with Crippen LogP contribution in [-0.2, 0) is 6.18 Å². The van der Waals surface area contributed by atoms with E-state index in [0.29, 0.717) is 11.7 Å². The molecule has 1 aliphatic heterocycles. The number of nitrogens with zero attached hydrogens (tertiary/aromatic N) is 3. The molecule has 21 heavy (non-hydrogen) atoms. The summed E-state index contributed by atoms with van der Waals surface area (Å²) in [6.45, 7) is 3.66. The lowest BCUT2D eigenvalue weighted by Crippen LogP contribution is -2.34. The summed E-state index contributed by atoms with van der Waals surface area (Å²) < 4.78 is 38.5. The van der Waals surface area contributed by atoms with Crippen LogP contribution in [0.5, 0.6) is 0 Å². The smallest absolute Gasteiger partial charge is 0.373 e. The average Bonchev–Trinajstić information content (AvgIpc) is 2.47. The van der Waals surface area contributed by atoms with Crippen LogP contribution in [-0.4, -0.2) is 30.1 Å². The van der Waals surface area contributed by atoms with Crippen molar-refractivity contribution in [2.75, 3.05) is 30.4 Å². The summed E-state index contributed by atoms with van der Waals surface area (Å²) in [7, 11) is 1.56. The Balaban J connectivity index is 2.16. The predicted octanol–water partition coefficient (Wildman–Crippen LogP) is 3.55. The minimum absolute atomic E-state index is 0.197. The molecule has 0 atom stereocenters. The molecule has 2 heterocycles. The van der Waals surface area contributed by atoms with Crippen molar-refractivity contribution in [3.8, 4) is 0 Å². The largest absolute Gasteiger partial charge is 0.451 e. The summed E-state index contributed by atoms with van der Waals surface area (Å²) in [5.74, 6) is 0.151. The lowest BCUT2D eigenvalue weighted by atomic mass is 9.92. The van der Waals surface area contributed by atoms with Gasteiger partial charge in [-0.25, -0.2) is 9.97 Å². The first-order valence-electron chi connectivity index (χ1n) is 7.33. The molecule has 0 aromatic carbocycles. The number of alkyl halides is 3. The summed E-state index contributed by atoms with van der Waals surface area (Å²) in [6.07, 6.45) is -0.169. The van der Waals surface area contributed by atoms with Gasteiger partial charge in [-0.2, -0.15) is 13.2 Å². The minimum Gasteiger partial charge on any atom is -0.373 e. The van der Waals surface area contributed by atoms with Crippen molar-refractivity contribution in [2.24, 2.45) is 5.92 Å². The number of halogens is 3. The Morgan fingerprint density at radius 3 is 2.48 bits per heavy atom. The molecule has 1 N–H and O–H groups in total. The molecule has 118 valence electrons. The zero-order chi connectivity index (χ0) is 15.5. The van der Waals surface area contributed by atoms with Gasteiger partial charge in [0.2, 0.25) is 5.82 Å². The van der Waals surface area contributed by atoms with E-state index < -0.39 is 12.0 Å². The molecule has 0 unspecified atom stereocenters. The highest BCUT2D eigenvalue weighted by molar-refractivity contribution is 5.49. The van der Waals surface area contributed by atoms with Gasteiger partial charge in [-0.05, 0) is 18.8 Å². The van der Waals surface area contributed by atoms with Crippen LogP contribution in [0.3, 0.4) is 0 Å². The summed E-state index contributed by atoms with van der Waals surface area (Å²) >= 11 is 0. The third-order valence-corrected chi connectivity index (χ3v) is 3.86. The van der Waals surface area contributed by atoms with Gasteiger partial charge >= 0.3 is 6.18 Å². The van der Waals surface area contributed by atoms with Gasteiger partial charge in [0.25, 0.3) is 0 Å². The predicted molar refractivity (Wildman–Crippen MR) is 76.4 cm³/mol. The zero-order valence-corrected chi connectivity index (χ0v) is 12.4. The van der Waals surface area contributed by atoms with Crippen LogP contribution >= 0.6 is 0 Å². The fourth-order valence-electron chi connectivity index (χ4n) is 2.71. The van der Waals surface area contributed by atoms with Crippen LogP contribution < -0.4 is 10.2 Å². The lowest BCUT2D eigenvalue weighted by Gasteiger charge is -2.33. The highest BCUT2D eigenvalue weighted by atomic mass is 19.4. The molecule has 0 spiro atoms. The third-order valence-electron chi connectivity index (χ3n) is 3.86.